The number of aryl methyl sites for hydroxylation is 1. The van der Waals surface area contributed by atoms with E-state index in [1.165, 1.54) is 6.08 Å². The summed E-state index contributed by atoms with van der Waals surface area (Å²) in [4.78, 5) is 38.6. The van der Waals surface area contributed by atoms with Crippen LogP contribution < -0.4 is 15.0 Å². The van der Waals surface area contributed by atoms with Crippen molar-refractivity contribution in [1.29, 1.82) is 0 Å². The highest BCUT2D eigenvalue weighted by atomic mass is 16.5. The Bertz CT molecular complexity index is 1010. The molecule has 1 saturated heterocycles. The van der Waals surface area contributed by atoms with Crippen LogP contribution >= 0.6 is 0 Å². The largest absolute Gasteiger partial charge is 0.496 e. The minimum absolute atomic E-state index is 0.112. The van der Waals surface area contributed by atoms with Gasteiger partial charge in [-0.05, 0) is 59.9 Å². The molecule has 1 aliphatic heterocycles. The number of ether oxygens (including phenoxy) is 1. The van der Waals surface area contributed by atoms with Crippen molar-refractivity contribution in [2.24, 2.45) is 0 Å². The van der Waals surface area contributed by atoms with Gasteiger partial charge >= 0.3 is 6.03 Å². The van der Waals surface area contributed by atoms with E-state index in [-0.39, 0.29) is 5.57 Å². The van der Waals surface area contributed by atoms with Gasteiger partial charge in [-0.3, -0.25) is 14.9 Å². The van der Waals surface area contributed by atoms with E-state index in [1.54, 1.807) is 37.5 Å². The molecule has 2 aromatic rings. The van der Waals surface area contributed by atoms with Crippen molar-refractivity contribution in [3.05, 3.63) is 77.4 Å². The van der Waals surface area contributed by atoms with Crippen molar-refractivity contribution < 1.29 is 19.1 Å². The monoisotopic (exact) mass is 390 g/mol. The van der Waals surface area contributed by atoms with Crippen molar-refractivity contribution >= 4 is 29.6 Å². The minimum Gasteiger partial charge on any atom is -0.496 e. The fourth-order valence-electron chi connectivity index (χ4n) is 3.14. The first kappa shape index (κ1) is 20.1. The van der Waals surface area contributed by atoms with Crippen LogP contribution in [0.25, 0.3) is 6.08 Å². The lowest BCUT2D eigenvalue weighted by Gasteiger charge is -2.26. The Labute approximate surface area is 169 Å². The second-order valence-corrected chi connectivity index (χ2v) is 6.54. The summed E-state index contributed by atoms with van der Waals surface area (Å²) in [5.74, 6) is -0.689. The maximum Gasteiger partial charge on any atom is 0.335 e. The molecule has 2 aromatic carbocycles. The van der Waals surface area contributed by atoms with E-state index >= 15 is 0 Å². The SMILES string of the molecule is C=CCc1cc(/C=C2/C(=O)NC(=O)N(c3ccc(CC)cc3)C2=O)ccc1OC. The molecule has 148 valence electrons. The molecule has 0 saturated carbocycles. The van der Waals surface area contributed by atoms with E-state index in [1.807, 2.05) is 25.1 Å². The Balaban J connectivity index is 1.98. The second-order valence-electron chi connectivity index (χ2n) is 6.54. The molecule has 29 heavy (non-hydrogen) atoms. The summed E-state index contributed by atoms with van der Waals surface area (Å²) in [5.41, 5.74) is 2.91. The number of benzene rings is 2. The zero-order valence-electron chi connectivity index (χ0n) is 16.4. The van der Waals surface area contributed by atoms with Crippen LogP contribution in [0, 0.1) is 0 Å². The quantitative estimate of drug-likeness (QED) is 0.464. The topological polar surface area (TPSA) is 75.7 Å². The highest BCUT2D eigenvalue weighted by molar-refractivity contribution is 6.39. The number of nitrogens with zero attached hydrogens (tertiary/aromatic N) is 1. The third kappa shape index (κ3) is 4.11. The summed E-state index contributed by atoms with van der Waals surface area (Å²) in [5, 5.41) is 2.24. The summed E-state index contributed by atoms with van der Waals surface area (Å²) in [7, 11) is 1.57. The van der Waals surface area contributed by atoms with E-state index in [4.69, 9.17) is 4.74 Å². The number of imide groups is 2. The van der Waals surface area contributed by atoms with Gasteiger partial charge in [0, 0.05) is 0 Å². The number of carbonyl (C=O) groups excluding carboxylic acids is 3. The number of nitrogens with one attached hydrogen (secondary N) is 1. The molecule has 3 rings (SSSR count). The van der Waals surface area contributed by atoms with Crippen molar-refractivity contribution in [2.45, 2.75) is 19.8 Å². The molecule has 0 spiro atoms. The van der Waals surface area contributed by atoms with Crippen LogP contribution in [0.2, 0.25) is 0 Å². The number of allylic oxidation sites excluding steroid dienone is 1. The van der Waals surface area contributed by atoms with Crippen LogP contribution in [-0.2, 0) is 22.4 Å². The zero-order valence-corrected chi connectivity index (χ0v) is 16.4. The van der Waals surface area contributed by atoms with Gasteiger partial charge in [-0.15, -0.1) is 6.58 Å². The molecular formula is C23H22N2O4. The Morgan fingerprint density at radius 1 is 1.10 bits per heavy atom. The first-order valence-electron chi connectivity index (χ1n) is 9.26. The van der Waals surface area contributed by atoms with Gasteiger partial charge in [0.15, 0.2) is 0 Å². The Kier molecular flexibility index (Phi) is 5.93. The number of barbiturate groups is 1. The molecule has 0 aromatic heterocycles. The van der Waals surface area contributed by atoms with Crippen LogP contribution in [0.5, 0.6) is 5.75 Å². The van der Waals surface area contributed by atoms with Gasteiger partial charge in [-0.1, -0.05) is 31.2 Å². The fourth-order valence-corrected chi connectivity index (χ4v) is 3.14. The molecule has 0 unspecified atom stereocenters. The fraction of sp³-hybridized carbons (Fsp3) is 0.174. The van der Waals surface area contributed by atoms with E-state index in [0.717, 1.165) is 22.4 Å². The smallest absolute Gasteiger partial charge is 0.335 e. The zero-order chi connectivity index (χ0) is 21.0. The third-order valence-electron chi connectivity index (χ3n) is 4.68. The molecule has 0 aliphatic carbocycles. The van der Waals surface area contributed by atoms with Crippen molar-refractivity contribution in [3.63, 3.8) is 0 Å². The highest BCUT2D eigenvalue weighted by Crippen LogP contribution is 2.25. The molecule has 0 atom stereocenters. The molecule has 6 heteroatoms. The lowest BCUT2D eigenvalue weighted by Crippen LogP contribution is -2.54. The number of amides is 4. The lowest BCUT2D eigenvalue weighted by atomic mass is 10.0. The normalized spacial score (nSPS) is 15.4. The number of urea groups is 1. The molecule has 1 heterocycles. The number of carbonyl (C=O) groups is 3. The maximum atomic E-state index is 13.0. The highest BCUT2D eigenvalue weighted by Gasteiger charge is 2.36. The molecule has 4 amide bonds. The first-order valence-corrected chi connectivity index (χ1v) is 9.26. The number of anilines is 1. The predicted molar refractivity (Wildman–Crippen MR) is 112 cm³/mol. The van der Waals surface area contributed by atoms with Gasteiger partial charge in [-0.2, -0.15) is 0 Å². The van der Waals surface area contributed by atoms with Gasteiger partial charge in [0.1, 0.15) is 11.3 Å². The number of hydrogen-bond donors (Lipinski definition) is 1. The summed E-state index contributed by atoms with van der Waals surface area (Å²) in [6.45, 7) is 5.75. The van der Waals surface area contributed by atoms with Crippen LogP contribution in [0.1, 0.15) is 23.6 Å². The van der Waals surface area contributed by atoms with Crippen LogP contribution in [-0.4, -0.2) is 25.0 Å². The lowest BCUT2D eigenvalue weighted by molar-refractivity contribution is -0.122. The van der Waals surface area contributed by atoms with Gasteiger partial charge in [0.25, 0.3) is 11.8 Å². The summed E-state index contributed by atoms with van der Waals surface area (Å²) in [6.07, 6.45) is 4.64. The molecular weight excluding hydrogens is 368 g/mol. The van der Waals surface area contributed by atoms with Gasteiger partial charge < -0.3 is 4.74 Å². The summed E-state index contributed by atoms with van der Waals surface area (Å²) in [6, 6.07) is 11.7. The van der Waals surface area contributed by atoms with Crippen molar-refractivity contribution in [3.8, 4) is 5.75 Å². The van der Waals surface area contributed by atoms with Gasteiger partial charge in [0.05, 0.1) is 12.8 Å². The average molecular weight is 390 g/mol. The molecule has 1 aliphatic rings. The van der Waals surface area contributed by atoms with Gasteiger partial charge in [-0.25, -0.2) is 9.69 Å². The van der Waals surface area contributed by atoms with Gasteiger partial charge in [0.2, 0.25) is 0 Å². The summed E-state index contributed by atoms with van der Waals surface area (Å²) < 4.78 is 5.33. The van der Waals surface area contributed by atoms with Crippen LogP contribution in [0.4, 0.5) is 10.5 Å². The Morgan fingerprint density at radius 2 is 1.83 bits per heavy atom. The molecule has 1 N–H and O–H groups in total. The molecule has 1 fully saturated rings. The number of hydrogen-bond acceptors (Lipinski definition) is 4. The molecule has 0 radical (unpaired) electrons. The van der Waals surface area contributed by atoms with Crippen molar-refractivity contribution in [2.75, 3.05) is 12.0 Å². The first-order chi connectivity index (χ1) is 14.0. The predicted octanol–water partition coefficient (Wildman–Crippen LogP) is 3.65. The van der Waals surface area contributed by atoms with Crippen LogP contribution in [0.3, 0.4) is 0 Å². The Hall–Kier alpha value is -3.67. The van der Waals surface area contributed by atoms with Crippen LogP contribution in [0.15, 0.2) is 60.7 Å². The number of methoxy groups -OCH3 is 1. The van der Waals surface area contributed by atoms with E-state index in [9.17, 15) is 14.4 Å². The Morgan fingerprint density at radius 3 is 2.45 bits per heavy atom. The second kappa shape index (κ2) is 8.56. The van der Waals surface area contributed by atoms with Crippen molar-refractivity contribution in [1.82, 2.24) is 5.32 Å². The molecule has 0 bridgehead atoms. The van der Waals surface area contributed by atoms with E-state index < -0.39 is 17.8 Å². The average Bonchev–Trinajstić information content (AvgIpc) is 2.72. The van der Waals surface area contributed by atoms with E-state index in [2.05, 4.69) is 11.9 Å². The standard InChI is InChI=1S/C23H22N2O4/c1-4-6-17-13-16(9-12-20(17)29-3)14-19-21(26)24-23(28)25(22(19)27)18-10-7-15(5-2)8-11-18/h4,7-14H,1,5-6H2,2-3H3,(H,24,26,28)/b19-14-. The third-order valence-corrected chi connectivity index (χ3v) is 4.68. The summed E-state index contributed by atoms with van der Waals surface area (Å²) >= 11 is 0. The molecule has 6 nitrogen and oxygen atoms in total. The maximum absolute atomic E-state index is 13.0. The van der Waals surface area contributed by atoms with E-state index in [0.29, 0.717) is 23.4 Å². The number of rotatable bonds is 6. The minimum atomic E-state index is -0.761.